The topological polar surface area (TPSA) is 131 Å². The fourth-order valence-corrected chi connectivity index (χ4v) is 3.94. The van der Waals surface area contributed by atoms with E-state index >= 15 is 0 Å². The summed E-state index contributed by atoms with van der Waals surface area (Å²) in [7, 11) is 2.10. The molecule has 1 atom stereocenters. The summed E-state index contributed by atoms with van der Waals surface area (Å²) in [5, 5.41) is 20.6. The van der Waals surface area contributed by atoms with E-state index in [0.717, 1.165) is 38.2 Å². The number of hydrogen-bond acceptors (Lipinski definition) is 8. The number of fused-ring (bicyclic) bond motifs is 1. The predicted molar refractivity (Wildman–Crippen MR) is 123 cm³/mol. The van der Waals surface area contributed by atoms with Crippen molar-refractivity contribution in [2.24, 2.45) is 5.92 Å². The van der Waals surface area contributed by atoms with Gasteiger partial charge in [-0.25, -0.2) is 15.0 Å². The van der Waals surface area contributed by atoms with Gasteiger partial charge in [-0.3, -0.25) is 0 Å². The second kappa shape index (κ2) is 11.2. The molecule has 3 aromatic rings. The van der Waals surface area contributed by atoms with Gasteiger partial charge in [0.15, 0.2) is 0 Å². The van der Waals surface area contributed by atoms with Crippen LogP contribution in [0.15, 0.2) is 24.7 Å². The third-order valence-electron chi connectivity index (χ3n) is 5.92. The maximum atomic E-state index is 13.2. The van der Waals surface area contributed by atoms with Crippen LogP contribution in [-0.2, 0) is 11.0 Å². The molecule has 3 N–H and O–H groups in total. The number of carbonyl (C=O) groups is 1. The van der Waals surface area contributed by atoms with Gasteiger partial charge in [0, 0.05) is 29.4 Å². The quantitative estimate of drug-likeness (QED) is 0.466. The first-order valence-electron chi connectivity index (χ1n) is 11.0. The number of nitriles is 1. The number of aromatic amines is 1. The number of likely N-dealkylation sites (tertiary alicyclic amines) is 1. The van der Waals surface area contributed by atoms with Gasteiger partial charge in [0.1, 0.15) is 18.0 Å². The van der Waals surface area contributed by atoms with Crippen LogP contribution in [0.25, 0.3) is 22.3 Å². The van der Waals surface area contributed by atoms with E-state index in [1.807, 2.05) is 6.07 Å². The Balaban J connectivity index is 0.000000795. The molecule has 4 rings (SSSR count). The Morgan fingerprint density at radius 1 is 1.34 bits per heavy atom. The summed E-state index contributed by atoms with van der Waals surface area (Å²) in [5.74, 6) is 0.806. The molecule has 0 saturated carbocycles. The minimum Gasteiger partial charge on any atom is -0.389 e. The van der Waals surface area contributed by atoms with Gasteiger partial charge < -0.3 is 25.1 Å². The molecular formula is C23H26F3N7O2. The van der Waals surface area contributed by atoms with Crippen molar-refractivity contribution >= 4 is 23.3 Å². The molecule has 9 nitrogen and oxygen atoms in total. The molecule has 186 valence electrons. The number of halogens is 3. The molecule has 35 heavy (non-hydrogen) atoms. The number of alkyl halides is 3. The maximum absolute atomic E-state index is 13.2. The highest BCUT2D eigenvalue weighted by Crippen LogP contribution is 2.35. The highest BCUT2D eigenvalue weighted by atomic mass is 19.4. The van der Waals surface area contributed by atoms with Gasteiger partial charge in [-0.05, 0) is 51.9 Å². The Kier molecular flexibility index (Phi) is 8.37. The van der Waals surface area contributed by atoms with E-state index in [1.165, 1.54) is 12.4 Å². The fourth-order valence-electron chi connectivity index (χ4n) is 3.94. The van der Waals surface area contributed by atoms with E-state index in [1.54, 1.807) is 0 Å². The lowest BCUT2D eigenvalue weighted by molar-refractivity contribution is -0.137. The predicted octanol–water partition coefficient (Wildman–Crippen LogP) is 3.23. The summed E-state index contributed by atoms with van der Waals surface area (Å²) in [6.07, 6.45) is 1.72. The average Bonchev–Trinajstić information content (AvgIpc) is 3.27. The molecule has 0 aliphatic carbocycles. The Bertz CT molecular complexity index is 1200. The molecule has 0 spiro atoms. The molecule has 0 amide bonds. The maximum Gasteiger partial charge on any atom is 0.417 e. The number of aldehydes is 1. The van der Waals surface area contributed by atoms with Crippen molar-refractivity contribution in [2.45, 2.75) is 32.0 Å². The molecule has 1 saturated heterocycles. The molecule has 1 fully saturated rings. The summed E-state index contributed by atoms with van der Waals surface area (Å²) in [5.41, 5.74) is 0.253. The lowest BCUT2D eigenvalue weighted by atomic mass is 9.90. The first kappa shape index (κ1) is 26.1. The number of carbonyl (C=O) groups excluding carboxylic acids is 1. The van der Waals surface area contributed by atoms with Crippen molar-refractivity contribution in [2.75, 3.05) is 32.1 Å². The van der Waals surface area contributed by atoms with Crippen molar-refractivity contribution in [1.29, 1.82) is 5.26 Å². The summed E-state index contributed by atoms with van der Waals surface area (Å²) < 4.78 is 39.5. The van der Waals surface area contributed by atoms with Crippen molar-refractivity contribution in [3.8, 4) is 17.3 Å². The molecule has 12 heteroatoms. The van der Waals surface area contributed by atoms with Crippen LogP contribution in [0.4, 0.5) is 19.1 Å². The first-order chi connectivity index (χ1) is 16.7. The molecule has 1 aliphatic heterocycles. The number of nitrogens with zero attached hydrogens (tertiary/aromatic N) is 5. The highest BCUT2D eigenvalue weighted by molar-refractivity contribution is 5.94. The third-order valence-corrected chi connectivity index (χ3v) is 5.92. The second-order valence-corrected chi connectivity index (χ2v) is 8.31. The van der Waals surface area contributed by atoms with Gasteiger partial charge in [-0.2, -0.15) is 18.4 Å². The van der Waals surface area contributed by atoms with Gasteiger partial charge in [-0.1, -0.05) is 0 Å². The zero-order valence-electron chi connectivity index (χ0n) is 19.3. The number of pyridine rings is 1. The third kappa shape index (κ3) is 6.32. The van der Waals surface area contributed by atoms with Gasteiger partial charge in [-0.15, -0.1) is 0 Å². The van der Waals surface area contributed by atoms with Crippen LogP contribution >= 0.6 is 0 Å². The number of anilines is 1. The molecule has 0 bridgehead atoms. The van der Waals surface area contributed by atoms with E-state index in [4.69, 9.17) is 9.90 Å². The Morgan fingerprint density at radius 3 is 2.63 bits per heavy atom. The van der Waals surface area contributed by atoms with Crippen LogP contribution in [0, 0.1) is 17.2 Å². The fraction of sp³-hybridized carbons (Fsp3) is 0.435. The molecule has 3 aromatic heterocycles. The summed E-state index contributed by atoms with van der Waals surface area (Å²) in [4.78, 5) is 26.7. The van der Waals surface area contributed by atoms with Crippen LogP contribution in [0.1, 0.15) is 30.9 Å². The SMILES string of the molecule is CC(Nc1ncc(C#N)c(-c2c[nH]c3ncc(C(F)(F)F)cc23)n1)C1CCN(C)CC1.O=CCO. The smallest absolute Gasteiger partial charge is 0.389 e. The van der Waals surface area contributed by atoms with E-state index in [0.29, 0.717) is 29.4 Å². The second-order valence-electron chi connectivity index (χ2n) is 8.31. The van der Waals surface area contributed by atoms with E-state index in [-0.39, 0.29) is 29.3 Å². The first-order valence-corrected chi connectivity index (χ1v) is 11.0. The largest absolute Gasteiger partial charge is 0.417 e. The standard InChI is InChI=1S/C21H22F3N7.C2H4O2/c1-12(13-3-5-31(2)6-4-13)29-20-28-9-14(8-25)18(30-20)17-11-27-19-16(17)7-15(10-26-19)21(22,23)24;3-1-2-4/h7,9-13H,3-6H2,1-2H3,(H,26,27)(H,28,29,30);1,4H,2H2. The van der Waals surface area contributed by atoms with E-state index in [9.17, 15) is 18.4 Å². The van der Waals surface area contributed by atoms with Crippen LogP contribution in [-0.4, -0.2) is 69.0 Å². The number of hydrogen-bond donors (Lipinski definition) is 3. The van der Waals surface area contributed by atoms with E-state index in [2.05, 4.69) is 44.1 Å². The zero-order chi connectivity index (χ0) is 25.6. The minimum atomic E-state index is -4.52. The number of aliphatic hydroxyl groups is 1. The normalized spacial score (nSPS) is 15.7. The molecule has 1 aliphatic rings. The number of H-pyrrole nitrogens is 1. The van der Waals surface area contributed by atoms with Crippen molar-refractivity contribution in [3.63, 3.8) is 0 Å². The average molecular weight is 490 g/mol. The van der Waals surface area contributed by atoms with Crippen molar-refractivity contribution < 1.29 is 23.1 Å². The van der Waals surface area contributed by atoms with Crippen LogP contribution in [0.2, 0.25) is 0 Å². The van der Waals surface area contributed by atoms with Crippen LogP contribution in [0.5, 0.6) is 0 Å². The Morgan fingerprint density at radius 2 is 2.03 bits per heavy atom. The summed E-state index contributed by atoms with van der Waals surface area (Å²) >= 11 is 0. The number of aliphatic hydroxyl groups excluding tert-OH is 1. The Labute approximate surface area is 200 Å². The van der Waals surface area contributed by atoms with Gasteiger partial charge in [0.05, 0.1) is 29.6 Å². The summed E-state index contributed by atoms with van der Waals surface area (Å²) in [6, 6.07) is 3.17. The van der Waals surface area contributed by atoms with Crippen LogP contribution in [0.3, 0.4) is 0 Å². The van der Waals surface area contributed by atoms with Crippen LogP contribution < -0.4 is 5.32 Å². The molecule has 1 unspecified atom stereocenters. The van der Waals surface area contributed by atoms with Gasteiger partial charge in [0.2, 0.25) is 5.95 Å². The monoisotopic (exact) mass is 489 g/mol. The number of piperidine rings is 1. The lowest BCUT2D eigenvalue weighted by Gasteiger charge is -2.33. The number of nitrogens with one attached hydrogen (secondary N) is 2. The van der Waals surface area contributed by atoms with E-state index < -0.39 is 11.7 Å². The van der Waals surface area contributed by atoms with Crippen molar-refractivity contribution in [3.05, 3.63) is 35.8 Å². The number of aromatic nitrogens is 4. The van der Waals surface area contributed by atoms with Gasteiger partial charge in [0.25, 0.3) is 0 Å². The molecule has 0 radical (unpaired) electrons. The molecule has 4 heterocycles. The molecular weight excluding hydrogens is 463 g/mol. The lowest BCUT2D eigenvalue weighted by Crippen LogP contribution is -2.37. The minimum absolute atomic E-state index is 0.121. The highest BCUT2D eigenvalue weighted by Gasteiger charge is 2.32. The van der Waals surface area contributed by atoms with Crippen molar-refractivity contribution in [1.82, 2.24) is 24.8 Å². The number of rotatable bonds is 5. The zero-order valence-corrected chi connectivity index (χ0v) is 19.3. The molecule has 0 aromatic carbocycles. The Hall–Kier alpha value is -3.56. The summed E-state index contributed by atoms with van der Waals surface area (Å²) in [6.45, 7) is 3.77. The van der Waals surface area contributed by atoms with Gasteiger partial charge >= 0.3 is 6.18 Å².